The number of allylic oxidation sites excluding steroid dienone is 5. The van der Waals surface area contributed by atoms with Crippen molar-refractivity contribution in [3.8, 4) is 0 Å². The largest absolute Gasteiger partial charge is 0.472 e. The topological polar surface area (TPSA) is 111 Å². The number of phosphoric ester groups is 1. The molecule has 3 atom stereocenters. The fourth-order valence-electron chi connectivity index (χ4n) is 9.17. The number of likely N-dealkylation sites (N-methyl/N-ethyl adjacent to an activating group) is 1. The molecule has 9 nitrogen and oxygen atoms in total. The Labute approximate surface area is 453 Å². The molecule has 0 aromatic heterocycles. The number of nitrogens with zero attached hydrogens (tertiary/aromatic N) is 1. The number of esters is 1. The average Bonchev–Trinajstić information content (AvgIpc) is 3.35. The molecule has 0 rings (SSSR count). The molecule has 0 fully saturated rings. The summed E-state index contributed by atoms with van der Waals surface area (Å²) in [5.41, 5.74) is 0. The lowest BCUT2D eigenvalue weighted by molar-refractivity contribution is -0.870. The van der Waals surface area contributed by atoms with E-state index in [-0.39, 0.29) is 31.5 Å². The summed E-state index contributed by atoms with van der Waals surface area (Å²) in [7, 11) is 1.50. The van der Waals surface area contributed by atoms with Gasteiger partial charge in [0.2, 0.25) is 5.91 Å². The van der Waals surface area contributed by atoms with Gasteiger partial charge in [-0.3, -0.25) is 18.6 Å². The molecule has 0 saturated carbocycles. The molecule has 1 amide bonds. The van der Waals surface area contributed by atoms with Crippen LogP contribution in [-0.2, 0) is 27.9 Å². The molecule has 0 aliphatic heterocycles. The third-order valence-corrected chi connectivity index (χ3v) is 15.0. The molecule has 0 heterocycles. The summed E-state index contributed by atoms with van der Waals surface area (Å²) in [6, 6.07) is -0.851. The van der Waals surface area contributed by atoms with Gasteiger partial charge >= 0.3 is 13.8 Å². The van der Waals surface area contributed by atoms with Crippen LogP contribution in [0.15, 0.2) is 36.5 Å². The smallest absolute Gasteiger partial charge is 0.456 e. The highest BCUT2D eigenvalue weighted by Crippen LogP contribution is 2.43. The summed E-state index contributed by atoms with van der Waals surface area (Å²) < 4.78 is 30.7. The molecule has 2 N–H and O–H groups in total. The summed E-state index contributed by atoms with van der Waals surface area (Å²) in [5.74, 6) is -0.514. The van der Waals surface area contributed by atoms with E-state index >= 15 is 0 Å². The maximum atomic E-state index is 13.5. The van der Waals surface area contributed by atoms with Crippen LogP contribution in [0.4, 0.5) is 0 Å². The molecule has 0 aromatic carbocycles. The van der Waals surface area contributed by atoms with Crippen molar-refractivity contribution < 1.29 is 37.3 Å². The number of amides is 1. The van der Waals surface area contributed by atoms with Crippen molar-refractivity contribution in [1.82, 2.24) is 5.32 Å². The predicted octanol–water partition coefficient (Wildman–Crippen LogP) is 19.1. The van der Waals surface area contributed by atoms with Crippen molar-refractivity contribution in [1.29, 1.82) is 0 Å². The molecule has 10 heteroatoms. The van der Waals surface area contributed by atoms with Crippen LogP contribution in [0.5, 0.6) is 0 Å². The zero-order valence-corrected chi connectivity index (χ0v) is 50.0. The lowest BCUT2D eigenvalue weighted by atomic mass is 10.0. The molecule has 3 unspecified atom stereocenters. The minimum atomic E-state index is -4.45. The molecule has 0 aromatic rings. The lowest BCUT2D eigenvalue weighted by Gasteiger charge is -2.27. The minimum Gasteiger partial charge on any atom is -0.456 e. The molecule has 0 bridgehead atoms. The number of unbranched alkanes of at least 4 members (excludes halogenated alkanes) is 37. The zero-order chi connectivity index (χ0) is 53.6. The minimum absolute atomic E-state index is 0.0396. The van der Waals surface area contributed by atoms with Gasteiger partial charge in [-0.25, -0.2) is 4.57 Å². The summed E-state index contributed by atoms with van der Waals surface area (Å²) in [6.45, 7) is 7.02. The van der Waals surface area contributed by atoms with E-state index in [9.17, 15) is 19.0 Å². The molecule has 73 heavy (non-hydrogen) atoms. The summed E-state index contributed by atoms with van der Waals surface area (Å²) in [5, 5.41) is 3.06. The van der Waals surface area contributed by atoms with Crippen molar-refractivity contribution in [3.63, 3.8) is 0 Å². The number of carbonyl (C=O) groups is 2. The Morgan fingerprint density at radius 1 is 0.466 bits per heavy atom. The Morgan fingerprint density at radius 3 is 1.18 bits per heavy atom. The number of nitrogens with one attached hydrogen (secondary N) is 1. The highest BCUT2D eigenvalue weighted by molar-refractivity contribution is 7.47. The van der Waals surface area contributed by atoms with E-state index in [0.717, 1.165) is 70.6 Å². The van der Waals surface area contributed by atoms with Crippen molar-refractivity contribution >= 4 is 19.7 Å². The first-order valence-corrected chi connectivity index (χ1v) is 32.8. The lowest BCUT2D eigenvalue weighted by Crippen LogP contribution is -2.47. The Morgan fingerprint density at radius 2 is 0.795 bits per heavy atom. The first-order valence-electron chi connectivity index (χ1n) is 31.3. The molecule has 0 aliphatic carbocycles. The van der Waals surface area contributed by atoms with E-state index < -0.39 is 20.0 Å². The van der Waals surface area contributed by atoms with Crippen LogP contribution in [0.2, 0.25) is 0 Å². The van der Waals surface area contributed by atoms with Crippen LogP contribution >= 0.6 is 7.82 Å². The van der Waals surface area contributed by atoms with E-state index in [2.05, 4.69) is 50.4 Å². The third kappa shape index (κ3) is 54.8. The van der Waals surface area contributed by atoms with E-state index in [0.29, 0.717) is 17.4 Å². The monoisotopic (exact) mass is 1050 g/mol. The van der Waals surface area contributed by atoms with Gasteiger partial charge < -0.3 is 19.4 Å². The van der Waals surface area contributed by atoms with Crippen LogP contribution in [-0.4, -0.2) is 74.3 Å². The van der Waals surface area contributed by atoms with Crippen LogP contribution < -0.4 is 5.32 Å². The Kier molecular flexibility index (Phi) is 52.3. The number of ether oxygens (including phenoxy) is 1. The third-order valence-electron chi connectivity index (χ3n) is 14.1. The normalized spacial score (nSPS) is 13.9. The molecule has 0 aliphatic rings. The number of hydrogen-bond donors (Lipinski definition) is 2. The van der Waals surface area contributed by atoms with Gasteiger partial charge in [0.1, 0.15) is 19.3 Å². The molecular formula is C63H122N2O7P+. The van der Waals surface area contributed by atoms with Crippen molar-refractivity contribution in [2.75, 3.05) is 40.9 Å². The molecule has 0 spiro atoms. The highest BCUT2D eigenvalue weighted by Gasteiger charge is 2.30. The van der Waals surface area contributed by atoms with E-state index in [1.165, 1.54) is 199 Å². The van der Waals surface area contributed by atoms with Gasteiger partial charge in [0.05, 0.1) is 33.8 Å². The molecule has 0 radical (unpaired) electrons. The van der Waals surface area contributed by atoms with Gasteiger partial charge in [0, 0.05) is 12.8 Å². The van der Waals surface area contributed by atoms with Crippen molar-refractivity contribution in [2.45, 2.75) is 315 Å². The van der Waals surface area contributed by atoms with Gasteiger partial charge in [0.25, 0.3) is 0 Å². The number of phosphoric acid groups is 1. The van der Waals surface area contributed by atoms with Gasteiger partial charge in [0.15, 0.2) is 0 Å². The van der Waals surface area contributed by atoms with Crippen LogP contribution in [0, 0.1) is 0 Å². The van der Waals surface area contributed by atoms with Crippen molar-refractivity contribution in [3.05, 3.63) is 36.5 Å². The first kappa shape index (κ1) is 71.2. The second-order valence-corrected chi connectivity index (χ2v) is 24.0. The maximum absolute atomic E-state index is 13.5. The second kappa shape index (κ2) is 53.6. The SMILES string of the molecule is CCCCCCCC/C=C/CCCCCCCCCCCCCC(=O)NC(COP(=O)(O)OCC[N+](C)(C)C)C(/C=C\CCCCCCCCCCCC)OC(=O)CCCCC/C=C\CCCCCCCCC. The number of hydrogen-bond acceptors (Lipinski definition) is 6. The number of quaternary nitrogens is 1. The van der Waals surface area contributed by atoms with Gasteiger partial charge in [-0.2, -0.15) is 0 Å². The number of rotatable bonds is 57. The van der Waals surface area contributed by atoms with Crippen LogP contribution in [0.25, 0.3) is 0 Å². The van der Waals surface area contributed by atoms with Gasteiger partial charge in [-0.1, -0.05) is 244 Å². The fraction of sp³-hybridized carbons (Fsp3) is 0.873. The number of carbonyl (C=O) groups excluding carboxylic acids is 2. The Hall–Kier alpha value is -1.77. The second-order valence-electron chi connectivity index (χ2n) is 22.6. The van der Waals surface area contributed by atoms with E-state index in [1.807, 2.05) is 33.3 Å². The summed E-state index contributed by atoms with van der Waals surface area (Å²) in [6.07, 6.45) is 64.3. The maximum Gasteiger partial charge on any atom is 0.472 e. The van der Waals surface area contributed by atoms with Gasteiger partial charge in [-0.05, 0) is 83.1 Å². The zero-order valence-electron chi connectivity index (χ0n) is 49.1. The summed E-state index contributed by atoms with van der Waals surface area (Å²) in [4.78, 5) is 37.7. The van der Waals surface area contributed by atoms with E-state index in [1.54, 1.807) is 0 Å². The average molecular weight is 1050 g/mol. The van der Waals surface area contributed by atoms with Crippen LogP contribution in [0.3, 0.4) is 0 Å². The Bertz CT molecular complexity index is 1350. The standard InChI is InChI=1S/C63H121N2O7P/c1-7-10-13-16-19-22-25-28-30-31-32-33-34-35-36-37-40-43-46-49-52-55-62(66)64-60(59-71-73(68,69)70-58-57-65(4,5)6)61(54-51-48-45-42-39-27-24-21-18-15-12-9-3)72-63(67)56-53-50-47-44-41-38-29-26-23-20-17-14-11-8-2/h28,30,38,41,51,54,60-61H,7-27,29,31-37,39-40,42-50,52-53,55-59H2,1-6H3,(H-,64,66,68,69)/p+1/b30-28+,41-38-,54-51-. The van der Waals surface area contributed by atoms with Gasteiger partial charge in [-0.15, -0.1) is 0 Å². The van der Waals surface area contributed by atoms with E-state index in [4.69, 9.17) is 13.8 Å². The van der Waals surface area contributed by atoms with Crippen LogP contribution in [0.1, 0.15) is 303 Å². The Balaban J connectivity index is 5.20. The molecular weight excluding hydrogens is 928 g/mol. The quantitative estimate of drug-likeness (QED) is 0.0205. The molecule has 0 saturated heterocycles. The molecule has 430 valence electrons. The highest BCUT2D eigenvalue weighted by atomic mass is 31.2. The predicted molar refractivity (Wildman–Crippen MR) is 314 cm³/mol. The fourth-order valence-corrected chi connectivity index (χ4v) is 9.90. The first-order chi connectivity index (χ1) is 35.4. The van der Waals surface area contributed by atoms with Crippen molar-refractivity contribution in [2.24, 2.45) is 0 Å². The summed E-state index contributed by atoms with van der Waals surface area (Å²) >= 11 is 0.